The maximum Gasteiger partial charge on any atom is 0.313 e. The van der Waals surface area contributed by atoms with E-state index in [1.807, 2.05) is 32.9 Å². The number of anilines is 1. The van der Waals surface area contributed by atoms with Crippen molar-refractivity contribution >= 4 is 23.4 Å². The van der Waals surface area contributed by atoms with Crippen LogP contribution in [0.5, 0.6) is 0 Å². The van der Waals surface area contributed by atoms with Gasteiger partial charge in [-0.05, 0) is 31.9 Å². The second kappa shape index (κ2) is 6.81. The van der Waals surface area contributed by atoms with E-state index in [1.54, 1.807) is 4.90 Å². The fraction of sp³-hybridized carbons (Fsp3) is 0.471. The zero-order valence-corrected chi connectivity index (χ0v) is 14.1. The largest absolute Gasteiger partial charge is 0.339 e. The van der Waals surface area contributed by atoms with Crippen molar-refractivity contribution in [1.29, 1.82) is 0 Å². The van der Waals surface area contributed by atoms with Gasteiger partial charge in [-0.1, -0.05) is 17.7 Å². The van der Waals surface area contributed by atoms with Crippen LogP contribution < -0.4 is 5.32 Å². The molecule has 6 nitrogen and oxygen atoms in total. The van der Waals surface area contributed by atoms with Crippen LogP contribution in [0.3, 0.4) is 0 Å². The highest BCUT2D eigenvalue weighted by Crippen LogP contribution is 2.22. The van der Waals surface area contributed by atoms with Crippen LogP contribution in [0.2, 0.25) is 0 Å². The first-order valence-corrected chi connectivity index (χ1v) is 7.73. The Kier molecular flexibility index (Phi) is 5.03. The molecule has 0 aliphatic carbocycles. The van der Waals surface area contributed by atoms with Gasteiger partial charge in [-0.15, -0.1) is 0 Å². The predicted octanol–water partition coefficient (Wildman–Crippen LogP) is 1.24. The molecule has 0 spiro atoms. The summed E-state index contributed by atoms with van der Waals surface area (Å²) < 4.78 is 0. The van der Waals surface area contributed by atoms with Crippen LogP contribution in [0.25, 0.3) is 0 Å². The molecule has 0 saturated carbocycles. The second-order valence-corrected chi connectivity index (χ2v) is 6.03. The quantitative estimate of drug-likeness (QED) is 0.792. The number of hydrogen-bond acceptors (Lipinski definition) is 3. The average Bonchev–Trinajstić information content (AvgIpc) is 2.50. The Morgan fingerprint density at radius 1 is 0.913 bits per heavy atom. The van der Waals surface area contributed by atoms with Crippen molar-refractivity contribution < 1.29 is 14.4 Å². The Hall–Kier alpha value is -2.37. The van der Waals surface area contributed by atoms with Gasteiger partial charge in [0.1, 0.15) is 0 Å². The van der Waals surface area contributed by atoms with E-state index in [9.17, 15) is 14.4 Å². The number of piperazine rings is 1. The topological polar surface area (TPSA) is 69.7 Å². The van der Waals surface area contributed by atoms with Gasteiger partial charge in [0.2, 0.25) is 5.91 Å². The molecule has 0 radical (unpaired) electrons. The molecule has 3 amide bonds. The third-order valence-electron chi connectivity index (χ3n) is 4.12. The summed E-state index contributed by atoms with van der Waals surface area (Å²) in [6, 6.07) is 3.94. The average molecular weight is 317 g/mol. The number of benzene rings is 1. The van der Waals surface area contributed by atoms with Crippen LogP contribution in [0.4, 0.5) is 5.69 Å². The van der Waals surface area contributed by atoms with Crippen LogP contribution >= 0.6 is 0 Å². The van der Waals surface area contributed by atoms with E-state index in [0.29, 0.717) is 31.9 Å². The smallest absolute Gasteiger partial charge is 0.313 e. The fourth-order valence-corrected chi connectivity index (χ4v) is 2.91. The van der Waals surface area contributed by atoms with Gasteiger partial charge in [0.25, 0.3) is 0 Å². The maximum absolute atomic E-state index is 12.3. The lowest BCUT2D eigenvalue weighted by Crippen LogP contribution is -2.52. The minimum atomic E-state index is -0.628. The maximum atomic E-state index is 12.3. The molecule has 1 saturated heterocycles. The molecule has 0 unspecified atom stereocenters. The van der Waals surface area contributed by atoms with E-state index >= 15 is 0 Å². The van der Waals surface area contributed by atoms with E-state index < -0.39 is 11.8 Å². The van der Waals surface area contributed by atoms with Crippen molar-refractivity contribution in [3.8, 4) is 0 Å². The van der Waals surface area contributed by atoms with E-state index in [-0.39, 0.29) is 5.91 Å². The number of nitrogens with zero attached hydrogens (tertiary/aromatic N) is 2. The van der Waals surface area contributed by atoms with Gasteiger partial charge in [0.15, 0.2) is 0 Å². The molecule has 1 fully saturated rings. The highest BCUT2D eigenvalue weighted by molar-refractivity contribution is 6.39. The third-order valence-corrected chi connectivity index (χ3v) is 4.12. The lowest BCUT2D eigenvalue weighted by Gasteiger charge is -2.33. The molecule has 1 heterocycles. The summed E-state index contributed by atoms with van der Waals surface area (Å²) in [6.45, 7) is 9.03. The van der Waals surface area contributed by atoms with E-state index in [4.69, 9.17) is 0 Å². The molecule has 1 aromatic rings. The summed E-state index contributed by atoms with van der Waals surface area (Å²) in [6.07, 6.45) is 0. The van der Waals surface area contributed by atoms with Crippen molar-refractivity contribution in [2.45, 2.75) is 27.7 Å². The molecule has 0 aromatic heterocycles. The van der Waals surface area contributed by atoms with Crippen molar-refractivity contribution in [2.75, 3.05) is 31.5 Å². The van der Waals surface area contributed by atoms with Crippen molar-refractivity contribution in [1.82, 2.24) is 9.80 Å². The van der Waals surface area contributed by atoms with Crippen molar-refractivity contribution in [3.63, 3.8) is 0 Å². The molecular formula is C17H23N3O3. The lowest BCUT2D eigenvalue weighted by molar-refractivity contribution is -0.145. The minimum Gasteiger partial charge on any atom is -0.339 e. The molecule has 0 atom stereocenters. The van der Waals surface area contributed by atoms with Crippen LogP contribution in [0.15, 0.2) is 12.1 Å². The molecule has 124 valence electrons. The highest BCUT2D eigenvalue weighted by atomic mass is 16.2. The number of carbonyl (C=O) groups is 3. The monoisotopic (exact) mass is 317 g/mol. The molecule has 0 bridgehead atoms. The molecule has 1 N–H and O–H groups in total. The Balaban J connectivity index is 2.02. The van der Waals surface area contributed by atoms with Crippen molar-refractivity contribution in [3.05, 3.63) is 28.8 Å². The lowest BCUT2D eigenvalue weighted by atomic mass is 10.1. The van der Waals surface area contributed by atoms with Crippen LogP contribution in [-0.4, -0.2) is 53.7 Å². The highest BCUT2D eigenvalue weighted by Gasteiger charge is 2.27. The Morgan fingerprint density at radius 3 is 1.87 bits per heavy atom. The number of rotatable bonds is 1. The Bertz CT molecular complexity index is 623. The van der Waals surface area contributed by atoms with Gasteiger partial charge in [0, 0.05) is 38.8 Å². The van der Waals surface area contributed by atoms with Crippen LogP contribution in [0.1, 0.15) is 23.6 Å². The summed E-state index contributed by atoms with van der Waals surface area (Å²) in [5.41, 5.74) is 3.68. The molecule has 1 aromatic carbocycles. The number of amides is 3. The van der Waals surface area contributed by atoms with Gasteiger partial charge >= 0.3 is 11.8 Å². The SMILES string of the molecule is CC(=O)N1CCN(C(=O)C(=O)Nc2c(C)cc(C)cc2C)CC1. The molecule has 6 heteroatoms. The Morgan fingerprint density at radius 2 is 1.39 bits per heavy atom. The van der Waals surface area contributed by atoms with Gasteiger partial charge in [-0.25, -0.2) is 0 Å². The standard InChI is InChI=1S/C17H23N3O3/c1-11-9-12(2)15(13(3)10-11)18-16(22)17(23)20-7-5-19(6-8-20)14(4)21/h9-10H,5-8H2,1-4H3,(H,18,22). The van der Waals surface area contributed by atoms with E-state index in [2.05, 4.69) is 5.32 Å². The van der Waals surface area contributed by atoms with E-state index in [0.717, 1.165) is 16.7 Å². The number of hydrogen-bond donors (Lipinski definition) is 1. The zero-order valence-electron chi connectivity index (χ0n) is 14.1. The predicted molar refractivity (Wildman–Crippen MR) is 88.1 cm³/mol. The third kappa shape index (κ3) is 3.88. The summed E-state index contributed by atoms with van der Waals surface area (Å²) in [5.74, 6) is -1.18. The summed E-state index contributed by atoms with van der Waals surface area (Å²) in [4.78, 5) is 39.0. The van der Waals surface area contributed by atoms with Crippen LogP contribution in [0, 0.1) is 20.8 Å². The van der Waals surface area contributed by atoms with Gasteiger partial charge in [-0.2, -0.15) is 0 Å². The fourth-order valence-electron chi connectivity index (χ4n) is 2.91. The number of aryl methyl sites for hydroxylation is 3. The Labute approximate surface area is 136 Å². The number of nitrogens with one attached hydrogen (secondary N) is 1. The first-order valence-electron chi connectivity index (χ1n) is 7.73. The zero-order chi connectivity index (χ0) is 17.1. The van der Waals surface area contributed by atoms with E-state index in [1.165, 1.54) is 11.8 Å². The van der Waals surface area contributed by atoms with Gasteiger partial charge in [0.05, 0.1) is 0 Å². The summed E-state index contributed by atoms with van der Waals surface area (Å²) in [5, 5.41) is 2.73. The second-order valence-electron chi connectivity index (χ2n) is 6.03. The van der Waals surface area contributed by atoms with Crippen molar-refractivity contribution in [2.24, 2.45) is 0 Å². The summed E-state index contributed by atoms with van der Waals surface area (Å²) in [7, 11) is 0. The summed E-state index contributed by atoms with van der Waals surface area (Å²) >= 11 is 0. The van der Waals surface area contributed by atoms with Gasteiger partial charge in [-0.3, -0.25) is 14.4 Å². The van der Waals surface area contributed by atoms with Crippen LogP contribution in [-0.2, 0) is 14.4 Å². The molecule has 1 aliphatic heterocycles. The minimum absolute atomic E-state index is 0.00699. The first kappa shape index (κ1) is 17.0. The van der Waals surface area contributed by atoms with Gasteiger partial charge < -0.3 is 15.1 Å². The molecule has 23 heavy (non-hydrogen) atoms. The normalized spacial score (nSPS) is 14.6. The molecular weight excluding hydrogens is 294 g/mol. The molecule has 2 rings (SSSR count). The molecule has 1 aliphatic rings. The number of carbonyl (C=O) groups excluding carboxylic acids is 3. The first-order chi connectivity index (χ1) is 10.8.